The number of para-hydroxylation sites is 2. The highest BCUT2D eigenvalue weighted by molar-refractivity contribution is 9.10. The molecule has 2 heteroatoms. The Bertz CT molecular complexity index is 1860. The Morgan fingerprint density at radius 2 is 1.25 bits per heavy atom. The van der Waals surface area contributed by atoms with Gasteiger partial charge in [0.1, 0.15) is 11.2 Å². The van der Waals surface area contributed by atoms with Gasteiger partial charge in [0.2, 0.25) is 0 Å². The van der Waals surface area contributed by atoms with Gasteiger partial charge in [0.05, 0.1) is 11.0 Å². The summed E-state index contributed by atoms with van der Waals surface area (Å²) in [5.74, 6) is 0. The highest BCUT2D eigenvalue weighted by Crippen LogP contribution is 2.44. The van der Waals surface area contributed by atoms with Gasteiger partial charge in [0, 0.05) is 26.4 Å². The van der Waals surface area contributed by atoms with E-state index in [0.29, 0.717) is 16.7 Å². The largest absolute Gasteiger partial charge is 0.455 e. The van der Waals surface area contributed by atoms with E-state index in [1.807, 2.05) is 30.3 Å². The molecule has 0 bridgehead atoms. The molecule has 0 fully saturated rings. The minimum absolute atomic E-state index is 0.140. The molecule has 0 spiro atoms. The van der Waals surface area contributed by atoms with Gasteiger partial charge >= 0.3 is 0 Å². The number of benzene rings is 5. The Kier molecular flexibility index (Phi) is 2.10. The molecule has 6 rings (SSSR count). The lowest BCUT2D eigenvalue weighted by Crippen LogP contribution is -1.88. The van der Waals surface area contributed by atoms with Crippen LogP contribution < -0.4 is 0 Å². The smallest absolute Gasteiger partial charge is 0.143 e. The highest BCUT2D eigenvalue weighted by atomic mass is 79.9. The first-order valence-electron chi connectivity index (χ1n) is 12.7. The molecule has 0 unspecified atom stereocenters. The molecule has 0 atom stereocenters. The summed E-state index contributed by atoms with van der Waals surface area (Å²) in [7, 11) is 0. The normalized spacial score (nSPS) is 15.8. The predicted molar refractivity (Wildman–Crippen MR) is 122 cm³/mol. The second-order valence-electron chi connectivity index (χ2n) is 6.47. The molecule has 132 valence electrons. The van der Waals surface area contributed by atoms with Crippen molar-refractivity contribution in [2.75, 3.05) is 0 Å². The molecular formula is C26H15BrO. The maximum absolute atomic E-state index is 8.79. The first kappa shape index (κ1) is 9.90. The monoisotopic (exact) mass is 430 g/mol. The summed E-state index contributed by atoms with van der Waals surface area (Å²) in [5, 5.41) is 2.23. The molecule has 1 heterocycles. The Morgan fingerprint density at radius 1 is 0.643 bits per heavy atom. The Hall–Kier alpha value is -3.10. The van der Waals surface area contributed by atoms with Crippen molar-refractivity contribution in [2.24, 2.45) is 0 Å². The minimum atomic E-state index is -0.433. The van der Waals surface area contributed by atoms with Gasteiger partial charge in [-0.3, -0.25) is 0 Å². The summed E-state index contributed by atoms with van der Waals surface area (Å²) in [6.07, 6.45) is 0. The van der Waals surface area contributed by atoms with Crippen molar-refractivity contribution in [1.82, 2.24) is 0 Å². The van der Waals surface area contributed by atoms with Crippen molar-refractivity contribution in [3.05, 3.63) is 95.3 Å². The molecule has 0 saturated carbocycles. The van der Waals surface area contributed by atoms with Crippen molar-refractivity contribution < 1.29 is 15.4 Å². The van der Waals surface area contributed by atoms with E-state index in [1.165, 1.54) is 0 Å². The molecule has 0 amide bonds. The van der Waals surface area contributed by atoms with Crippen LogP contribution in [0.1, 0.15) is 11.0 Å². The Morgan fingerprint density at radius 3 is 1.96 bits per heavy atom. The lowest BCUT2D eigenvalue weighted by atomic mass is 9.91. The summed E-state index contributed by atoms with van der Waals surface area (Å²) in [5.41, 5.74) is 1.84. The van der Waals surface area contributed by atoms with Gasteiger partial charge < -0.3 is 4.42 Å². The van der Waals surface area contributed by atoms with Gasteiger partial charge in [-0.2, -0.15) is 0 Å². The standard InChI is InChI=1S/C26H15BrO/c27-25-19-11-3-1-9-17(19)24(18-10-2-4-12-20(18)25)22-14-7-13-21-16-8-5-6-15-23(16)28-26(21)22/h1-15H/i1D,2D,3D,4D,9D,10D,11D,12D. The number of rotatable bonds is 1. The molecule has 0 radical (unpaired) electrons. The molecule has 6 aromatic rings. The SMILES string of the molecule is [2H]c1c([2H])c([2H])c2c(-c3cccc4c3oc3ccccc34)c3c([2H])c([2H])c([2H])c([2H])c3c(Br)c2c1[2H]. The van der Waals surface area contributed by atoms with E-state index in [0.717, 1.165) is 10.8 Å². The average Bonchev–Trinajstić information content (AvgIpc) is 3.26. The Balaban J connectivity index is 2.00. The van der Waals surface area contributed by atoms with E-state index in [-0.39, 0.29) is 55.8 Å². The van der Waals surface area contributed by atoms with Crippen LogP contribution in [0.3, 0.4) is 0 Å². The second-order valence-corrected chi connectivity index (χ2v) is 7.26. The van der Waals surface area contributed by atoms with E-state index in [4.69, 9.17) is 15.4 Å². The van der Waals surface area contributed by atoms with Crippen molar-refractivity contribution in [3.8, 4) is 11.1 Å². The molecule has 0 aliphatic rings. The van der Waals surface area contributed by atoms with Crippen LogP contribution in [0.2, 0.25) is 0 Å². The van der Waals surface area contributed by atoms with Crippen molar-refractivity contribution >= 4 is 59.4 Å². The molecule has 5 aromatic carbocycles. The summed E-state index contributed by atoms with van der Waals surface area (Å²) >= 11 is 3.44. The van der Waals surface area contributed by atoms with Gasteiger partial charge in [-0.05, 0) is 43.5 Å². The van der Waals surface area contributed by atoms with Crippen LogP contribution in [-0.2, 0) is 0 Å². The zero-order chi connectivity index (χ0) is 25.6. The van der Waals surface area contributed by atoms with E-state index in [1.54, 1.807) is 12.1 Å². The highest BCUT2D eigenvalue weighted by Gasteiger charge is 2.18. The maximum Gasteiger partial charge on any atom is 0.143 e. The summed E-state index contributed by atoms with van der Waals surface area (Å²) in [6, 6.07) is 9.99. The molecule has 0 aliphatic heterocycles. The summed E-state index contributed by atoms with van der Waals surface area (Å²) < 4.78 is 74.4. The minimum Gasteiger partial charge on any atom is -0.455 e. The molecule has 28 heavy (non-hydrogen) atoms. The van der Waals surface area contributed by atoms with Gasteiger partial charge in [-0.15, -0.1) is 0 Å². The number of hydrogen-bond acceptors (Lipinski definition) is 1. The number of halogens is 1. The van der Waals surface area contributed by atoms with Crippen LogP contribution >= 0.6 is 15.9 Å². The van der Waals surface area contributed by atoms with Crippen LogP contribution in [0.4, 0.5) is 0 Å². The first-order chi connectivity index (χ1) is 17.1. The number of hydrogen-bond donors (Lipinski definition) is 0. The molecule has 0 N–H and O–H groups in total. The van der Waals surface area contributed by atoms with Gasteiger partial charge in [-0.25, -0.2) is 0 Å². The summed E-state index contributed by atoms with van der Waals surface area (Å²) in [6.45, 7) is 0. The fourth-order valence-electron chi connectivity index (χ4n) is 3.79. The van der Waals surface area contributed by atoms with Crippen molar-refractivity contribution in [1.29, 1.82) is 0 Å². The maximum atomic E-state index is 8.79. The lowest BCUT2D eigenvalue weighted by molar-refractivity contribution is 0.670. The zero-order valence-corrected chi connectivity index (χ0v) is 15.9. The molecule has 0 saturated heterocycles. The fraction of sp³-hybridized carbons (Fsp3) is 0. The van der Waals surface area contributed by atoms with E-state index >= 15 is 0 Å². The van der Waals surface area contributed by atoms with Crippen LogP contribution in [0.25, 0.3) is 54.6 Å². The van der Waals surface area contributed by atoms with Crippen LogP contribution in [-0.4, -0.2) is 0 Å². The van der Waals surface area contributed by atoms with E-state index < -0.39 is 24.2 Å². The molecule has 1 nitrogen and oxygen atoms in total. The molecule has 0 aliphatic carbocycles. The van der Waals surface area contributed by atoms with E-state index in [2.05, 4.69) is 15.9 Å². The lowest BCUT2D eigenvalue weighted by Gasteiger charge is -2.14. The van der Waals surface area contributed by atoms with Crippen LogP contribution in [0.15, 0.2) is 99.7 Å². The number of furan rings is 1. The van der Waals surface area contributed by atoms with Crippen molar-refractivity contribution in [2.45, 2.75) is 0 Å². The fourth-order valence-corrected chi connectivity index (χ4v) is 4.39. The third-order valence-electron chi connectivity index (χ3n) is 4.99. The zero-order valence-electron chi connectivity index (χ0n) is 22.3. The predicted octanol–water partition coefficient (Wildman–Crippen LogP) is 8.32. The Labute approximate surface area is 181 Å². The summed E-state index contributed by atoms with van der Waals surface area (Å²) in [4.78, 5) is 0. The topological polar surface area (TPSA) is 13.1 Å². The third kappa shape index (κ3) is 2.12. The third-order valence-corrected chi connectivity index (χ3v) is 5.78. The van der Waals surface area contributed by atoms with Gasteiger partial charge in [0.15, 0.2) is 0 Å². The quantitative estimate of drug-likeness (QED) is 0.239. The van der Waals surface area contributed by atoms with E-state index in [9.17, 15) is 0 Å². The molecular weight excluding hydrogens is 408 g/mol. The van der Waals surface area contributed by atoms with Crippen molar-refractivity contribution in [3.63, 3.8) is 0 Å². The number of fused-ring (bicyclic) bond motifs is 5. The average molecular weight is 431 g/mol. The van der Waals surface area contributed by atoms with Gasteiger partial charge in [0.25, 0.3) is 0 Å². The first-order valence-corrected chi connectivity index (χ1v) is 9.46. The second kappa shape index (κ2) is 5.95. The van der Waals surface area contributed by atoms with Gasteiger partial charge in [-0.1, -0.05) is 84.7 Å². The van der Waals surface area contributed by atoms with Crippen LogP contribution in [0.5, 0.6) is 0 Å². The van der Waals surface area contributed by atoms with Crippen LogP contribution in [0, 0.1) is 0 Å². The molecule has 1 aromatic heterocycles.